The molecule has 2 heterocycles. The van der Waals surface area contributed by atoms with Gasteiger partial charge in [0.2, 0.25) is 5.13 Å². The molecule has 5 nitrogen and oxygen atoms in total. The molecule has 1 aliphatic heterocycles. The van der Waals surface area contributed by atoms with E-state index in [2.05, 4.69) is 9.36 Å². The molecule has 2 fully saturated rings. The minimum absolute atomic E-state index is 0.181. The number of nitrogens with zero attached hydrogens (tertiary/aromatic N) is 3. The van der Waals surface area contributed by atoms with E-state index >= 15 is 0 Å². The zero-order chi connectivity index (χ0) is 12.0. The van der Waals surface area contributed by atoms with Crippen molar-refractivity contribution in [1.29, 1.82) is 0 Å². The van der Waals surface area contributed by atoms with E-state index in [1.54, 1.807) is 0 Å². The maximum atomic E-state index is 11.3. The molecule has 0 spiro atoms. The summed E-state index contributed by atoms with van der Waals surface area (Å²) in [5.74, 6) is 0.871. The highest BCUT2D eigenvalue weighted by molar-refractivity contribution is 7.09. The molecule has 1 saturated carbocycles. The van der Waals surface area contributed by atoms with E-state index in [4.69, 9.17) is 0 Å². The van der Waals surface area contributed by atoms with Gasteiger partial charge in [-0.1, -0.05) is 6.92 Å². The van der Waals surface area contributed by atoms with E-state index in [9.17, 15) is 9.90 Å². The van der Waals surface area contributed by atoms with Crippen molar-refractivity contribution in [3.63, 3.8) is 0 Å². The van der Waals surface area contributed by atoms with Gasteiger partial charge in [-0.2, -0.15) is 4.37 Å². The van der Waals surface area contributed by atoms with Crippen molar-refractivity contribution in [2.75, 3.05) is 11.4 Å². The number of hydrogen-bond acceptors (Lipinski definition) is 5. The van der Waals surface area contributed by atoms with Crippen molar-refractivity contribution < 1.29 is 9.90 Å². The molecule has 2 aliphatic rings. The summed E-state index contributed by atoms with van der Waals surface area (Å²) in [4.78, 5) is 17.7. The highest BCUT2D eigenvalue weighted by atomic mass is 32.1. The second-order valence-corrected chi connectivity index (χ2v) is 5.68. The van der Waals surface area contributed by atoms with Crippen LogP contribution in [0.1, 0.15) is 37.9 Å². The molecule has 1 saturated heterocycles. The molecular formula is C11H15N3O2S. The molecule has 6 heteroatoms. The van der Waals surface area contributed by atoms with Crippen molar-refractivity contribution in [1.82, 2.24) is 9.36 Å². The van der Waals surface area contributed by atoms with Gasteiger partial charge in [-0.3, -0.25) is 0 Å². The van der Waals surface area contributed by atoms with Crippen LogP contribution in [0.15, 0.2) is 0 Å². The number of rotatable bonds is 3. The lowest BCUT2D eigenvalue weighted by atomic mass is 10.0. The van der Waals surface area contributed by atoms with Gasteiger partial charge in [-0.05, 0) is 25.2 Å². The van der Waals surface area contributed by atoms with E-state index < -0.39 is 12.0 Å². The number of aromatic nitrogens is 2. The van der Waals surface area contributed by atoms with Gasteiger partial charge in [0, 0.05) is 24.0 Å². The largest absolute Gasteiger partial charge is 0.480 e. The molecule has 17 heavy (non-hydrogen) atoms. The zero-order valence-electron chi connectivity index (χ0n) is 9.67. The Morgan fingerprint density at radius 1 is 1.47 bits per heavy atom. The number of aliphatic carboxylic acids is 1. The van der Waals surface area contributed by atoms with Gasteiger partial charge in [-0.15, -0.1) is 0 Å². The maximum Gasteiger partial charge on any atom is 0.326 e. The van der Waals surface area contributed by atoms with E-state index in [-0.39, 0.29) is 5.92 Å². The summed E-state index contributed by atoms with van der Waals surface area (Å²) in [7, 11) is 0. The maximum absolute atomic E-state index is 11.3. The fourth-order valence-corrected chi connectivity index (χ4v) is 3.20. The third kappa shape index (κ3) is 1.90. The van der Waals surface area contributed by atoms with Crippen molar-refractivity contribution in [2.24, 2.45) is 5.92 Å². The number of carbonyl (C=O) groups is 1. The molecular weight excluding hydrogens is 238 g/mol. The minimum Gasteiger partial charge on any atom is -0.480 e. The Kier molecular flexibility index (Phi) is 2.54. The Hall–Kier alpha value is -1.17. The molecule has 0 bridgehead atoms. The Labute approximate surface area is 104 Å². The smallest absolute Gasteiger partial charge is 0.326 e. The standard InChI is InChI=1S/C11H15N3O2S/c1-6-4-5-14(8(6)10(15)16)11-12-9(13-17-11)7-2-3-7/h6-8H,2-5H2,1H3,(H,15,16). The van der Waals surface area contributed by atoms with Crippen molar-refractivity contribution in [2.45, 2.75) is 38.1 Å². The van der Waals surface area contributed by atoms with Crippen LogP contribution in [-0.4, -0.2) is 33.0 Å². The Balaban J connectivity index is 1.84. The molecule has 3 rings (SSSR count). The molecule has 1 N–H and O–H groups in total. The summed E-state index contributed by atoms with van der Waals surface area (Å²) in [6.07, 6.45) is 3.26. The van der Waals surface area contributed by atoms with Crippen molar-refractivity contribution in [3.05, 3.63) is 5.82 Å². The lowest BCUT2D eigenvalue weighted by molar-refractivity contribution is -0.139. The van der Waals surface area contributed by atoms with Crippen molar-refractivity contribution in [3.8, 4) is 0 Å². The predicted molar refractivity (Wildman–Crippen MR) is 64.4 cm³/mol. The molecule has 92 valence electrons. The second kappa shape index (κ2) is 3.94. The highest BCUT2D eigenvalue weighted by Gasteiger charge is 2.39. The first kappa shape index (κ1) is 11.0. The topological polar surface area (TPSA) is 66.3 Å². The van der Waals surface area contributed by atoms with Gasteiger partial charge in [0.1, 0.15) is 11.9 Å². The second-order valence-electron chi connectivity index (χ2n) is 4.95. The Morgan fingerprint density at radius 2 is 2.24 bits per heavy atom. The number of carboxylic acids is 1. The molecule has 0 aromatic carbocycles. The van der Waals surface area contributed by atoms with Crippen LogP contribution in [-0.2, 0) is 4.79 Å². The lowest BCUT2D eigenvalue weighted by Gasteiger charge is -2.21. The number of anilines is 1. The highest BCUT2D eigenvalue weighted by Crippen LogP contribution is 2.40. The Morgan fingerprint density at radius 3 is 2.88 bits per heavy atom. The van der Waals surface area contributed by atoms with Gasteiger partial charge in [0.25, 0.3) is 0 Å². The molecule has 0 amide bonds. The molecule has 2 atom stereocenters. The summed E-state index contributed by atoms with van der Waals surface area (Å²) in [5, 5.41) is 10.0. The minimum atomic E-state index is -0.752. The fraction of sp³-hybridized carbons (Fsp3) is 0.727. The molecule has 1 aliphatic carbocycles. The van der Waals surface area contributed by atoms with Crippen LogP contribution >= 0.6 is 11.5 Å². The average Bonchev–Trinajstić information content (AvgIpc) is 2.88. The summed E-state index contributed by atoms with van der Waals surface area (Å²) in [5.41, 5.74) is 0. The zero-order valence-corrected chi connectivity index (χ0v) is 10.5. The van der Waals surface area contributed by atoms with Gasteiger partial charge in [0.15, 0.2) is 0 Å². The molecule has 1 aromatic heterocycles. The first-order chi connectivity index (χ1) is 8.16. The van der Waals surface area contributed by atoms with Crippen LogP contribution in [0.3, 0.4) is 0 Å². The van der Waals surface area contributed by atoms with Crippen LogP contribution in [0.2, 0.25) is 0 Å². The Bertz CT molecular complexity index is 444. The van der Waals surface area contributed by atoms with Gasteiger partial charge in [-0.25, -0.2) is 9.78 Å². The van der Waals surface area contributed by atoms with Crippen molar-refractivity contribution >= 4 is 22.6 Å². The molecule has 1 aromatic rings. The van der Waals surface area contributed by atoms with Crippen LogP contribution < -0.4 is 4.90 Å². The first-order valence-electron chi connectivity index (χ1n) is 6.00. The third-order valence-corrected chi connectivity index (χ3v) is 4.34. The summed E-state index contributed by atoms with van der Waals surface area (Å²) in [6.45, 7) is 2.76. The van der Waals surface area contributed by atoms with Gasteiger partial charge >= 0.3 is 5.97 Å². The predicted octanol–water partition coefficient (Wildman–Crippen LogP) is 1.71. The van der Waals surface area contributed by atoms with Crippen LogP contribution in [0, 0.1) is 5.92 Å². The average molecular weight is 253 g/mol. The summed E-state index contributed by atoms with van der Waals surface area (Å²) in [6, 6.07) is -0.435. The first-order valence-corrected chi connectivity index (χ1v) is 6.77. The third-order valence-electron chi connectivity index (χ3n) is 3.57. The summed E-state index contributed by atoms with van der Waals surface area (Å²) < 4.78 is 4.34. The normalized spacial score (nSPS) is 28.6. The van der Waals surface area contributed by atoms with Crippen LogP contribution in [0.4, 0.5) is 5.13 Å². The van der Waals surface area contributed by atoms with Crippen LogP contribution in [0.25, 0.3) is 0 Å². The monoisotopic (exact) mass is 253 g/mol. The summed E-state index contributed by atoms with van der Waals surface area (Å²) >= 11 is 1.34. The van der Waals surface area contributed by atoms with E-state index in [1.807, 2.05) is 11.8 Å². The number of carboxylic acid groups (broad SMARTS) is 1. The number of hydrogen-bond donors (Lipinski definition) is 1. The van der Waals surface area contributed by atoms with Gasteiger partial charge in [0.05, 0.1) is 0 Å². The molecule has 2 unspecified atom stereocenters. The van der Waals surface area contributed by atoms with E-state index in [1.165, 1.54) is 24.4 Å². The van der Waals surface area contributed by atoms with Gasteiger partial charge < -0.3 is 10.0 Å². The van der Waals surface area contributed by atoms with Crippen LogP contribution in [0.5, 0.6) is 0 Å². The van der Waals surface area contributed by atoms with E-state index in [0.29, 0.717) is 5.92 Å². The lowest BCUT2D eigenvalue weighted by Crippen LogP contribution is -2.39. The van der Waals surface area contributed by atoms with E-state index in [0.717, 1.165) is 23.9 Å². The molecule has 0 radical (unpaired) electrons. The quantitative estimate of drug-likeness (QED) is 0.888. The fourth-order valence-electron chi connectivity index (χ4n) is 2.39. The SMILES string of the molecule is CC1CCN(c2nc(C3CC3)ns2)C1C(=O)O.